The maximum atomic E-state index is 12.3. The Morgan fingerprint density at radius 3 is 2.26 bits per heavy atom. The summed E-state index contributed by atoms with van der Waals surface area (Å²) in [6, 6.07) is -3.29. The summed E-state index contributed by atoms with van der Waals surface area (Å²) in [5, 5.41) is 19.8. The lowest BCUT2D eigenvalue weighted by molar-refractivity contribution is -0.143. The van der Waals surface area contributed by atoms with Crippen LogP contribution in [-0.4, -0.2) is 58.0 Å². The second-order valence-electron chi connectivity index (χ2n) is 4.48. The van der Waals surface area contributed by atoms with Crippen molar-refractivity contribution in [2.45, 2.75) is 44.1 Å². The number of carboxylic acids is 1. The van der Waals surface area contributed by atoms with Gasteiger partial charge in [-0.05, 0) is 19.8 Å². The monoisotopic (exact) mass is 284 g/mol. The highest BCUT2D eigenvalue weighted by atomic mass is 19.4. The Kier molecular flexibility index (Phi) is 4.61. The molecule has 19 heavy (non-hydrogen) atoms. The Hall–Kier alpha value is -1.51. The third-order valence-corrected chi connectivity index (χ3v) is 2.63. The zero-order valence-corrected chi connectivity index (χ0v) is 10.1. The molecule has 0 heterocycles. The van der Waals surface area contributed by atoms with E-state index in [1.54, 1.807) is 0 Å². The summed E-state index contributed by atoms with van der Waals surface area (Å²) in [5.74, 6) is -1.51. The van der Waals surface area contributed by atoms with Crippen LogP contribution in [0.25, 0.3) is 0 Å². The highest BCUT2D eigenvalue weighted by Crippen LogP contribution is 2.30. The van der Waals surface area contributed by atoms with E-state index in [-0.39, 0.29) is 0 Å². The van der Waals surface area contributed by atoms with Crippen LogP contribution in [0.2, 0.25) is 0 Å². The standard InChI is InChI=1S/C10H15F3N2O4/c1-5(16)7(8(17)18)14-9(19)15(6-2-3-6)4-10(11,12)13/h5-7,16H,2-4H2,1H3,(H,14,19)(H,17,18). The molecule has 6 nitrogen and oxygen atoms in total. The number of hydrogen-bond donors (Lipinski definition) is 3. The van der Waals surface area contributed by atoms with Crippen LogP contribution in [0.3, 0.4) is 0 Å². The third kappa shape index (κ3) is 4.93. The minimum Gasteiger partial charge on any atom is -0.480 e. The van der Waals surface area contributed by atoms with E-state index in [0.717, 1.165) is 6.92 Å². The predicted molar refractivity (Wildman–Crippen MR) is 57.4 cm³/mol. The van der Waals surface area contributed by atoms with Gasteiger partial charge in [0, 0.05) is 6.04 Å². The highest BCUT2D eigenvalue weighted by Gasteiger charge is 2.41. The van der Waals surface area contributed by atoms with Gasteiger partial charge in [0.1, 0.15) is 6.54 Å². The van der Waals surface area contributed by atoms with E-state index >= 15 is 0 Å². The van der Waals surface area contributed by atoms with Crippen LogP contribution in [0.4, 0.5) is 18.0 Å². The number of halogens is 3. The zero-order chi connectivity index (χ0) is 14.8. The fourth-order valence-electron chi connectivity index (χ4n) is 1.55. The van der Waals surface area contributed by atoms with Gasteiger partial charge < -0.3 is 20.4 Å². The van der Waals surface area contributed by atoms with E-state index in [9.17, 15) is 22.8 Å². The molecule has 1 fully saturated rings. The van der Waals surface area contributed by atoms with Gasteiger partial charge in [0.05, 0.1) is 6.10 Å². The SMILES string of the molecule is CC(O)C(NC(=O)N(CC(F)(F)F)C1CC1)C(=O)O. The van der Waals surface area contributed by atoms with Gasteiger partial charge in [-0.15, -0.1) is 0 Å². The van der Waals surface area contributed by atoms with Crippen LogP contribution in [0.15, 0.2) is 0 Å². The van der Waals surface area contributed by atoms with E-state index in [1.807, 2.05) is 5.32 Å². The lowest BCUT2D eigenvalue weighted by Gasteiger charge is -2.26. The minimum atomic E-state index is -4.55. The molecule has 1 saturated carbocycles. The number of nitrogens with zero attached hydrogens (tertiary/aromatic N) is 1. The van der Waals surface area contributed by atoms with Crippen LogP contribution in [0, 0.1) is 0 Å². The molecule has 0 aromatic carbocycles. The molecule has 0 radical (unpaired) electrons. The van der Waals surface area contributed by atoms with Crippen molar-refractivity contribution in [2.24, 2.45) is 0 Å². The number of carbonyl (C=O) groups excluding carboxylic acids is 1. The Bertz CT molecular complexity index is 355. The van der Waals surface area contributed by atoms with Gasteiger partial charge in [-0.1, -0.05) is 0 Å². The summed E-state index contributed by atoms with van der Waals surface area (Å²) in [6.45, 7) is -0.306. The molecule has 110 valence electrons. The predicted octanol–water partition coefficient (Wildman–Crippen LogP) is 0.557. The van der Waals surface area contributed by atoms with E-state index in [0.29, 0.717) is 17.7 Å². The molecular weight excluding hydrogens is 269 g/mol. The molecule has 3 N–H and O–H groups in total. The van der Waals surface area contributed by atoms with Gasteiger partial charge in [0.25, 0.3) is 0 Å². The number of aliphatic hydroxyl groups is 1. The molecule has 2 atom stereocenters. The fourth-order valence-corrected chi connectivity index (χ4v) is 1.55. The van der Waals surface area contributed by atoms with Gasteiger partial charge in [0.15, 0.2) is 6.04 Å². The smallest absolute Gasteiger partial charge is 0.406 e. The number of nitrogens with one attached hydrogen (secondary N) is 1. The molecule has 2 unspecified atom stereocenters. The van der Waals surface area contributed by atoms with Gasteiger partial charge in [-0.25, -0.2) is 9.59 Å². The van der Waals surface area contributed by atoms with Crippen molar-refractivity contribution in [2.75, 3.05) is 6.54 Å². The number of rotatable bonds is 5. The van der Waals surface area contributed by atoms with Crippen molar-refractivity contribution in [3.8, 4) is 0 Å². The molecule has 0 aromatic rings. The topological polar surface area (TPSA) is 89.9 Å². The summed E-state index contributed by atoms with van der Waals surface area (Å²) in [7, 11) is 0. The van der Waals surface area contributed by atoms with Crippen LogP contribution >= 0.6 is 0 Å². The second kappa shape index (κ2) is 5.64. The Balaban J connectivity index is 2.69. The lowest BCUT2D eigenvalue weighted by atomic mass is 10.2. The molecule has 0 saturated heterocycles. The van der Waals surface area contributed by atoms with Gasteiger partial charge in [-0.3, -0.25) is 0 Å². The summed E-state index contributed by atoms with van der Waals surface area (Å²) in [4.78, 5) is 23.0. The van der Waals surface area contributed by atoms with Gasteiger partial charge in [-0.2, -0.15) is 13.2 Å². The maximum Gasteiger partial charge on any atom is 0.406 e. The first-order valence-electron chi connectivity index (χ1n) is 5.66. The Labute approximate surface area is 107 Å². The van der Waals surface area contributed by atoms with Crippen molar-refractivity contribution in [1.82, 2.24) is 10.2 Å². The number of aliphatic hydroxyl groups excluding tert-OH is 1. The molecular formula is C10H15F3N2O4. The molecule has 0 aromatic heterocycles. The van der Waals surface area contributed by atoms with Crippen molar-refractivity contribution in [3.05, 3.63) is 0 Å². The number of aliphatic carboxylic acids is 1. The van der Waals surface area contributed by atoms with Gasteiger partial charge >= 0.3 is 18.2 Å². The van der Waals surface area contributed by atoms with E-state index in [4.69, 9.17) is 10.2 Å². The molecule has 0 spiro atoms. The second-order valence-corrected chi connectivity index (χ2v) is 4.48. The fraction of sp³-hybridized carbons (Fsp3) is 0.800. The summed E-state index contributed by atoms with van der Waals surface area (Å²) >= 11 is 0. The average molecular weight is 284 g/mol. The zero-order valence-electron chi connectivity index (χ0n) is 10.1. The number of carboxylic acid groups (broad SMARTS) is 1. The van der Waals surface area contributed by atoms with Crippen molar-refractivity contribution < 1.29 is 33.0 Å². The molecule has 0 bridgehead atoms. The number of carbonyl (C=O) groups is 2. The average Bonchev–Trinajstić information content (AvgIpc) is 3.03. The largest absolute Gasteiger partial charge is 0.480 e. The van der Waals surface area contributed by atoms with Crippen molar-refractivity contribution in [3.63, 3.8) is 0 Å². The maximum absolute atomic E-state index is 12.3. The lowest BCUT2D eigenvalue weighted by Crippen LogP contribution is -2.54. The van der Waals surface area contributed by atoms with Crippen LogP contribution in [-0.2, 0) is 4.79 Å². The number of alkyl halides is 3. The van der Waals surface area contributed by atoms with Crippen LogP contribution < -0.4 is 5.32 Å². The first kappa shape index (κ1) is 15.5. The molecule has 1 aliphatic carbocycles. The van der Waals surface area contributed by atoms with Crippen molar-refractivity contribution in [1.29, 1.82) is 0 Å². The highest BCUT2D eigenvalue weighted by molar-refractivity contribution is 5.83. The Morgan fingerprint density at radius 2 is 1.95 bits per heavy atom. The normalized spacial score (nSPS) is 18.6. The van der Waals surface area contributed by atoms with Crippen LogP contribution in [0.1, 0.15) is 19.8 Å². The van der Waals surface area contributed by atoms with Crippen LogP contribution in [0.5, 0.6) is 0 Å². The molecule has 9 heteroatoms. The minimum absolute atomic E-state index is 0.454. The summed E-state index contributed by atoms with van der Waals surface area (Å²) in [6.07, 6.45) is -5.05. The number of hydrogen-bond acceptors (Lipinski definition) is 3. The van der Waals surface area contributed by atoms with Crippen molar-refractivity contribution >= 4 is 12.0 Å². The summed E-state index contributed by atoms with van der Waals surface area (Å²) in [5.41, 5.74) is 0. The quantitative estimate of drug-likeness (QED) is 0.688. The third-order valence-electron chi connectivity index (χ3n) is 2.63. The molecule has 0 aliphatic heterocycles. The summed E-state index contributed by atoms with van der Waals surface area (Å²) < 4.78 is 37.0. The molecule has 1 rings (SSSR count). The number of amides is 2. The van der Waals surface area contributed by atoms with E-state index in [1.165, 1.54) is 0 Å². The van der Waals surface area contributed by atoms with Gasteiger partial charge in [0.2, 0.25) is 0 Å². The number of urea groups is 1. The van der Waals surface area contributed by atoms with E-state index < -0.39 is 42.9 Å². The molecule has 1 aliphatic rings. The first-order valence-corrected chi connectivity index (χ1v) is 5.66. The first-order chi connectivity index (χ1) is 8.61. The molecule has 2 amide bonds. The Morgan fingerprint density at radius 1 is 1.42 bits per heavy atom. The van der Waals surface area contributed by atoms with E-state index in [2.05, 4.69) is 0 Å².